The summed E-state index contributed by atoms with van der Waals surface area (Å²) in [6.07, 6.45) is 0. The van der Waals surface area contributed by atoms with Crippen LogP contribution < -0.4 is 5.73 Å². The second kappa shape index (κ2) is 6.60. The van der Waals surface area contributed by atoms with E-state index in [0.717, 1.165) is 17.0 Å². The quantitative estimate of drug-likeness (QED) is 0.749. The van der Waals surface area contributed by atoms with Crippen molar-refractivity contribution in [1.82, 2.24) is 4.57 Å². The van der Waals surface area contributed by atoms with Gasteiger partial charge in [-0.25, -0.2) is 0 Å². The maximum Gasteiger partial charge on any atom is 0.250 e. The summed E-state index contributed by atoms with van der Waals surface area (Å²) in [5.74, 6) is -0.383. The van der Waals surface area contributed by atoms with Crippen LogP contribution in [0.2, 0.25) is 0 Å². The first-order valence-electron chi connectivity index (χ1n) is 8.50. The molecule has 0 aliphatic carbocycles. The Bertz CT molecular complexity index is 951. The zero-order valence-electron chi connectivity index (χ0n) is 15.3. The molecule has 1 heterocycles. The fourth-order valence-electron chi connectivity index (χ4n) is 3.42. The van der Waals surface area contributed by atoms with Crippen molar-refractivity contribution in [2.45, 2.75) is 34.2 Å². The molecule has 3 heteroatoms. The molecule has 0 atom stereocenters. The summed E-state index contributed by atoms with van der Waals surface area (Å²) in [5.41, 5.74) is 14.1. The van der Waals surface area contributed by atoms with Crippen molar-refractivity contribution < 1.29 is 4.79 Å². The molecule has 2 aromatic carbocycles. The first-order valence-corrected chi connectivity index (χ1v) is 8.50. The number of carbonyl (C=O) groups excluding carboxylic acids is 1. The van der Waals surface area contributed by atoms with Gasteiger partial charge >= 0.3 is 0 Å². The third-order valence-corrected chi connectivity index (χ3v) is 4.71. The Morgan fingerprint density at radius 1 is 0.960 bits per heavy atom. The fraction of sp³-hybridized carbons (Fsp3) is 0.227. The van der Waals surface area contributed by atoms with Gasteiger partial charge in [-0.2, -0.15) is 0 Å². The summed E-state index contributed by atoms with van der Waals surface area (Å²) in [6.45, 7) is 8.95. The molecule has 1 aromatic heterocycles. The lowest BCUT2D eigenvalue weighted by atomic mass is 10.0. The van der Waals surface area contributed by atoms with Crippen molar-refractivity contribution in [3.05, 3.63) is 82.0 Å². The van der Waals surface area contributed by atoms with E-state index in [1.54, 1.807) is 0 Å². The SMILES string of the molecule is Cc1cccc(Cn2c(-c3ccc(C)cc3C)cc(C(N)=O)c2C)c1. The van der Waals surface area contributed by atoms with Crippen LogP contribution in [0.1, 0.15) is 38.3 Å². The van der Waals surface area contributed by atoms with Gasteiger partial charge in [0.2, 0.25) is 0 Å². The molecular formula is C22H24N2O. The zero-order valence-corrected chi connectivity index (χ0v) is 15.3. The van der Waals surface area contributed by atoms with E-state index in [1.165, 1.54) is 22.3 Å². The van der Waals surface area contributed by atoms with Crippen molar-refractivity contribution in [2.75, 3.05) is 0 Å². The van der Waals surface area contributed by atoms with Gasteiger partial charge < -0.3 is 10.3 Å². The monoisotopic (exact) mass is 332 g/mol. The van der Waals surface area contributed by atoms with E-state index in [1.807, 2.05) is 13.0 Å². The molecule has 0 bridgehead atoms. The molecule has 0 fully saturated rings. The van der Waals surface area contributed by atoms with Crippen LogP contribution in [-0.4, -0.2) is 10.5 Å². The topological polar surface area (TPSA) is 48.0 Å². The first-order chi connectivity index (χ1) is 11.9. The molecule has 0 radical (unpaired) electrons. The molecule has 0 saturated carbocycles. The van der Waals surface area contributed by atoms with Gasteiger partial charge in [0.1, 0.15) is 0 Å². The van der Waals surface area contributed by atoms with E-state index in [2.05, 4.69) is 67.8 Å². The zero-order chi connectivity index (χ0) is 18.1. The minimum Gasteiger partial charge on any atom is -0.366 e. The number of aryl methyl sites for hydroxylation is 3. The minimum absolute atomic E-state index is 0.383. The lowest BCUT2D eigenvalue weighted by molar-refractivity contribution is 0.0999. The highest BCUT2D eigenvalue weighted by Crippen LogP contribution is 2.30. The second-order valence-corrected chi connectivity index (χ2v) is 6.79. The van der Waals surface area contributed by atoms with Crippen molar-refractivity contribution in [3.63, 3.8) is 0 Å². The van der Waals surface area contributed by atoms with Crippen molar-refractivity contribution >= 4 is 5.91 Å². The van der Waals surface area contributed by atoms with Gasteiger partial charge in [0.05, 0.1) is 5.56 Å². The van der Waals surface area contributed by atoms with Crippen LogP contribution >= 0.6 is 0 Å². The van der Waals surface area contributed by atoms with Crippen LogP contribution in [0.3, 0.4) is 0 Å². The van der Waals surface area contributed by atoms with Gasteiger partial charge in [0.25, 0.3) is 5.91 Å². The van der Waals surface area contributed by atoms with E-state index in [0.29, 0.717) is 12.1 Å². The maximum atomic E-state index is 11.9. The average molecular weight is 332 g/mol. The van der Waals surface area contributed by atoms with E-state index < -0.39 is 0 Å². The Morgan fingerprint density at radius 3 is 2.32 bits per heavy atom. The van der Waals surface area contributed by atoms with Crippen LogP contribution in [0.15, 0.2) is 48.5 Å². The predicted octanol–water partition coefficient (Wildman–Crippen LogP) is 4.54. The van der Waals surface area contributed by atoms with Crippen LogP contribution in [0, 0.1) is 27.7 Å². The number of carbonyl (C=O) groups is 1. The molecule has 0 saturated heterocycles. The largest absolute Gasteiger partial charge is 0.366 e. The molecule has 2 N–H and O–H groups in total. The number of rotatable bonds is 4. The van der Waals surface area contributed by atoms with E-state index in [-0.39, 0.29) is 5.91 Å². The number of hydrogen-bond acceptors (Lipinski definition) is 1. The smallest absolute Gasteiger partial charge is 0.250 e. The van der Waals surface area contributed by atoms with Gasteiger partial charge in [0, 0.05) is 23.5 Å². The molecular weight excluding hydrogens is 308 g/mol. The molecule has 3 rings (SSSR count). The number of benzene rings is 2. The van der Waals surface area contributed by atoms with Gasteiger partial charge in [-0.15, -0.1) is 0 Å². The highest BCUT2D eigenvalue weighted by atomic mass is 16.1. The van der Waals surface area contributed by atoms with Crippen LogP contribution in [-0.2, 0) is 6.54 Å². The molecule has 0 spiro atoms. The van der Waals surface area contributed by atoms with Crippen LogP contribution in [0.5, 0.6) is 0 Å². The van der Waals surface area contributed by atoms with Gasteiger partial charge in [-0.3, -0.25) is 4.79 Å². The van der Waals surface area contributed by atoms with E-state index in [9.17, 15) is 4.79 Å². The molecule has 3 aromatic rings. The van der Waals surface area contributed by atoms with Gasteiger partial charge in [0.15, 0.2) is 0 Å². The maximum absolute atomic E-state index is 11.9. The van der Waals surface area contributed by atoms with Crippen LogP contribution in [0.25, 0.3) is 11.3 Å². The third kappa shape index (κ3) is 3.36. The summed E-state index contributed by atoms with van der Waals surface area (Å²) in [7, 11) is 0. The number of hydrogen-bond donors (Lipinski definition) is 1. The molecule has 25 heavy (non-hydrogen) atoms. The molecule has 0 aliphatic heterocycles. The van der Waals surface area contributed by atoms with Crippen molar-refractivity contribution in [2.24, 2.45) is 5.73 Å². The average Bonchev–Trinajstić information content (AvgIpc) is 2.85. The standard InChI is InChI=1S/C22H24N2O/c1-14-6-5-7-18(11-14)13-24-17(4)20(22(23)25)12-21(24)19-9-8-15(2)10-16(19)3/h5-12H,13H2,1-4H3,(H2,23,25). The first kappa shape index (κ1) is 17.0. The number of aromatic nitrogens is 1. The second-order valence-electron chi connectivity index (χ2n) is 6.79. The Labute approximate surface area is 149 Å². The Balaban J connectivity index is 2.17. The Morgan fingerprint density at radius 2 is 1.68 bits per heavy atom. The van der Waals surface area contributed by atoms with Crippen LogP contribution in [0.4, 0.5) is 0 Å². The summed E-state index contributed by atoms with van der Waals surface area (Å²) < 4.78 is 2.19. The number of nitrogens with zero attached hydrogens (tertiary/aromatic N) is 1. The molecule has 0 unspecified atom stereocenters. The Hall–Kier alpha value is -2.81. The molecule has 1 amide bonds. The molecule has 3 nitrogen and oxygen atoms in total. The summed E-state index contributed by atoms with van der Waals surface area (Å²) in [6, 6.07) is 16.8. The highest BCUT2D eigenvalue weighted by molar-refractivity contribution is 5.95. The van der Waals surface area contributed by atoms with Gasteiger partial charge in [-0.1, -0.05) is 53.6 Å². The lowest BCUT2D eigenvalue weighted by Crippen LogP contribution is -2.12. The summed E-state index contributed by atoms with van der Waals surface area (Å²) >= 11 is 0. The summed E-state index contributed by atoms with van der Waals surface area (Å²) in [4.78, 5) is 11.9. The normalized spacial score (nSPS) is 10.9. The lowest BCUT2D eigenvalue weighted by Gasteiger charge is -2.14. The molecule has 0 aliphatic rings. The highest BCUT2D eigenvalue weighted by Gasteiger charge is 2.18. The number of amides is 1. The van der Waals surface area contributed by atoms with Gasteiger partial charge in [-0.05, 0) is 44.9 Å². The number of nitrogens with two attached hydrogens (primary N) is 1. The fourth-order valence-corrected chi connectivity index (χ4v) is 3.42. The van der Waals surface area contributed by atoms with Crippen molar-refractivity contribution in [1.29, 1.82) is 0 Å². The van der Waals surface area contributed by atoms with Crippen molar-refractivity contribution in [3.8, 4) is 11.3 Å². The number of primary amides is 1. The van der Waals surface area contributed by atoms with E-state index >= 15 is 0 Å². The summed E-state index contributed by atoms with van der Waals surface area (Å²) in [5, 5.41) is 0. The predicted molar refractivity (Wildman–Crippen MR) is 103 cm³/mol. The Kier molecular flexibility index (Phi) is 4.49. The third-order valence-electron chi connectivity index (χ3n) is 4.71. The van der Waals surface area contributed by atoms with E-state index in [4.69, 9.17) is 5.73 Å². The minimum atomic E-state index is -0.383. The molecule has 128 valence electrons.